The molecule has 1 aromatic carbocycles. The van der Waals surface area contributed by atoms with E-state index in [9.17, 15) is 15.2 Å². The third kappa shape index (κ3) is 3.05. The highest BCUT2D eigenvalue weighted by molar-refractivity contribution is 5.33. The Labute approximate surface area is 106 Å². The van der Waals surface area contributed by atoms with Crippen molar-refractivity contribution in [3.63, 3.8) is 0 Å². The van der Waals surface area contributed by atoms with Crippen LogP contribution in [0.1, 0.15) is 31.4 Å². The molecule has 1 aliphatic rings. The fourth-order valence-corrected chi connectivity index (χ4v) is 2.28. The Hall–Kier alpha value is -1.46. The third-order valence-electron chi connectivity index (χ3n) is 3.46. The van der Waals surface area contributed by atoms with Gasteiger partial charge in [0.2, 0.25) is 0 Å². The second kappa shape index (κ2) is 5.46. The molecule has 1 atom stereocenters. The molecule has 2 N–H and O–H groups in total. The van der Waals surface area contributed by atoms with Gasteiger partial charge in [0, 0.05) is 24.7 Å². The fraction of sp³-hybridized carbons (Fsp3) is 0.538. The van der Waals surface area contributed by atoms with Gasteiger partial charge in [-0.05, 0) is 36.5 Å². The fourth-order valence-electron chi connectivity index (χ4n) is 2.28. The lowest BCUT2D eigenvalue weighted by molar-refractivity contribution is -0.384. The van der Waals surface area contributed by atoms with Crippen molar-refractivity contribution < 1.29 is 10.0 Å². The third-order valence-corrected chi connectivity index (χ3v) is 3.46. The molecular formula is C13H18N2O3. The number of rotatable bonds is 5. The number of nitro benzene ring substituents is 1. The maximum atomic E-state index is 10.5. The predicted octanol–water partition coefficient (Wildman–Crippen LogP) is 2.02. The lowest BCUT2D eigenvalue weighted by atomic mass is 9.82. The molecule has 98 valence electrons. The van der Waals surface area contributed by atoms with E-state index in [-0.39, 0.29) is 5.69 Å². The summed E-state index contributed by atoms with van der Waals surface area (Å²) >= 11 is 0. The highest BCUT2D eigenvalue weighted by Gasteiger charge is 2.25. The van der Waals surface area contributed by atoms with E-state index in [2.05, 4.69) is 12.2 Å². The van der Waals surface area contributed by atoms with Crippen LogP contribution in [0, 0.1) is 16.0 Å². The molecule has 0 aliphatic heterocycles. The molecule has 1 aliphatic carbocycles. The maximum Gasteiger partial charge on any atom is 0.269 e. The number of benzene rings is 1. The molecule has 0 radical (unpaired) electrons. The first-order valence-electron chi connectivity index (χ1n) is 6.22. The molecule has 0 aromatic heterocycles. The summed E-state index contributed by atoms with van der Waals surface area (Å²) < 4.78 is 0. The first-order chi connectivity index (χ1) is 8.56. The normalized spacial score (nSPS) is 24.3. The number of aliphatic hydroxyl groups is 1. The molecule has 0 bridgehead atoms. The van der Waals surface area contributed by atoms with E-state index < -0.39 is 11.0 Å². The van der Waals surface area contributed by atoms with Gasteiger partial charge < -0.3 is 10.4 Å². The Morgan fingerprint density at radius 1 is 1.44 bits per heavy atom. The highest BCUT2D eigenvalue weighted by atomic mass is 16.6. The zero-order chi connectivity index (χ0) is 13.1. The van der Waals surface area contributed by atoms with Gasteiger partial charge in [0.25, 0.3) is 5.69 Å². The van der Waals surface area contributed by atoms with Crippen LogP contribution in [0.5, 0.6) is 0 Å². The van der Waals surface area contributed by atoms with Crippen LogP contribution >= 0.6 is 0 Å². The van der Waals surface area contributed by atoms with E-state index >= 15 is 0 Å². The number of aliphatic hydroxyl groups excluding tert-OH is 1. The van der Waals surface area contributed by atoms with Crippen molar-refractivity contribution in [2.45, 2.75) is 31.9 Å². The summed E-state index contributed by atoms with van der Waals surface area (Å²) in [5.41, 5.74) is 0.757. The Morgan fingerprint density at radius 3 is 2.56 bits per heavy atom. The summed E-state index contributed by atoms with van der Waals surface area (Å²) in [6.45, 7) is 2.71. The maximum absolute atomic E-state index is 10.5. The van der Waals surface area contributed by atoms with Gasteiger partial charge in [0.15, 0.2) is 0 Å². The van der Waals surface area contributed by atoms with E-state index in [0.717, 1.165) is 18.8 Å². The summed E-state index contributed by atoms with van der Waals surface area (Å²) in [7, 11) is 0. The van der Waals surface area contributed by atoms with Crippen LogP contribution in [0.25, 0.3) is 0 Å². The molecule has 0 saturated heterocycles. The minimum absolute atomic E-state index is 0.0479. The molecule has 0 heterocycles. The van der Waals surface area contributed by atoms with Crippen molar-refractivity contribution in [2.75, 3.05) is 6.54 Å². The first kappa shape index (κ1) is 13.0. The van der Waals surface area contributed by atoms with Crippen molar-refractivity contribution >= 4 is 5.69 Å². The average Bonchev–Trinajstić information content (AvgIpc) is 2.33. The first-order valence-corrected chi connectivity index (χ1v) is 6.22. The molecule has 1 unspecified atom stereocenters. The van der Waals surface area contributed by atoms with Crippen molar-refractivity contribution in [1.29, 1.82) is 0 Å². The molecule has 1 aromatic rings. The van der Waals surface area contributed by atoms with Crippen molar-refractivity contribution in [3.05, 3.63) is 39.9 Å². The molecule has 0 spiro atoms. The van der Waals surface area contributed by atoms with Gasteiger partial charge in [0.1, 0.15) is 0 Å². The smallest absolute Gasteiger partial charge is 0.269 e. The van der Waals surface area contributed by atoms with Crippen molar-refractivity contribution in [1.82, 2.24) is 5.32 Å². The van der Waals surface area contributed by atoms with Crippen LogP contribution < -0.4 is 5.32 Å². The van der Waals surface area contributed by atoms with Crippen LogP contribution in [0.3, 0.4) is 0 Å². The lowest BCUT2D eigenvalue weighted by Crippen LogP contribution is -2.41. The van der Waals surface area contributed by atoms with Crippen LogP contribution in [-0.2, 0) is 0 Å². The Bertz CT molecular complexity index is 413. The second-order valence-corrected chi connectivity index (χ2v) is 5.05. The van der Waals surface area contributed by atoms with Gasteiger partial charge in [-0.2, -0.15) is 0 Å². The molecule has 5 nitrogen and oxygen atoms in total. The van der Waals surface area contributed by atoms with E-state index in [4.69, 9.17) is 0 Å². The topological polar surface area (TPSA) is 75.4 Å². The Balaban J connectivity index is 1.84. The Kier molecular flexibility index (Phi) is 3.93. The molecule has 5 heteroatoms. The summed E-state index contributed by atoms with van der Waals surface area (Å²) in [6, 6.07) is 6.56. The zero-order valence-electron chi connectivity index (χ0n) is 10.4. The minimum Gasteiger partial charge on any atom is -0.387 e. The van der Waals surface area contributed by atoms with Crippen LogP contribution in [0.2, 0.25) is 0 Å². The summed E-state index contributed by atoms with van der Waals surface area (Å²) in [4.78, 5) is 10.1. The molecule has 1 saturated carbocycles. The van der Waals surface area contributed by atoms with Gasteiger partial charge in [-0.1, -0.05) is 6.92 Å². The number of hydrogen-bond donors (Lipinski definition) is 2. The van der Waals surface area contributed by atoms with Gasteiger partial charge in [0.05, 0.1) is 11.0 Å². The highest BCUT2D eigenvalue weighted by Crippen LogP contribution is 2.26. The van der Waals surface area contributed by atoms with Gasteiger partial charge >= 0.3 is 0 Å². The quantitative estimate of drug-likeness (QED) is 0.619. The van der Waals surface area contributed by atoms with Gasteiger partial charge in [-0.25, -0.2) is 0 Å². The lowest BCUT2D eigenvalue weighted by Gasteiger charge is -2.34. The number of hydrogen-bond acceptors (Lipinski definition) is 4. The largest absolute Gasteiger partial charge is 0.387 e. The van der Waals surface area contributed by atoms with Crippen LogP contribution in [-0.4, -0.2) is 22.6 Å². The summed E-state index contributed by atoms with van der Waals surface area (Å²) in [6.07, 6.45) is 1.71. The number of non-ortho nitro benzene ring substituents is 1. The minimum atomic E-state index is -0.610. The van der Waals surface area contributed by atoms with Crippen LogP contribution in [0.15, 0.2) is 24.3 Å². The summed E-state index contributed by atoms with van der Waals surface area (Å²) in [5.74, 6) is 0.777. The van der Waals surface area contributed by atoms with E-state index in [0.29, 0.717) is 18.2 Å². The molecule has 0 amide bonds. The predicted molar refractivity (Wildman–Crippen MR) is 68.2 cm³/mol. The number of nitro groups is 1. The summed E-state index contributed by atoms with van der Waals surface area (Å²) in [5, 5.41) is 23.8. The van der Waals surface area contributed by atoms with Crippen molar-refractivity contribution in [2.24, 2.45) is 5.92 Å². The molecule has 1 fully saturated rings. The van der Waals surface area contributed by atoms with E-state index in [1.807, 2.05) is 0 Å². The second-order valence-electron chi connectivity index (χ2n) is 5.05. The monoisotopic (exact) mass is 250 g/mol. The van der Waals surface area contributed by atoms with Crippen LogP contribution in [0.4, 0.5) is 5.69 Å². The van der Waals surface area contributed by atoms with E-state index in [1.54, 1.807) is 12.1 Å². The zero-order valence-corrected chi connectivity index (χ0v) is 10.4. The number of nitrogens with zero attached hydrogens (tertiary/aromatic N) is 1. The van der Waals surface area contributed by atoms with Crippen molar-refractivity contribution in [3.8, 4) is 0 Å². The van der Waals surface area contributed by atoms with Gasteiger partial charge in [-0.3, -0.25) is 10.1 Å². The Morgan fingerprint density at radius 2 is 2.06 bits per heavy atom. The standard InChI is InChI=1S/C13H18N2O3/c1-9-6-11(7-9)14-8-13(16)10-2-4-12(5-3-10)15(17)18/h2-5,9,11,13-14,16H,6-8H2,1H3. The molecular weight excluding hydrogens is 232 g/mol. The van der Waals surface area contributed by atoms with E-state index in [1.165, 1.54) is 12.1 Å². The average molecular weight is 250 g/mol. The molecule has 2 rings (SSSR count). The SMILES string of the molecule is CC1CC(NCC(O)c2ccc([N+](=O)[O-])cc2)C1. The van der Waals surface area contributed by atoms with Gasteiger partial charge in [-0.15, -0.1) is 0 Å². The number of nitrogens with one attached hydrogen (secondary N) is 1. The molecule has 18 heavy (non-hydrogen) atoms.